The zero-order valence-corrected chi connectivity index (χ0v) is 12.2. The van der Waals surface area contributed by atoms with Crippen molar-refractivity contribution in [1.29, 1.82) is 0 Å². The van der Waals surface area contributed by atoms with Gasteiger partial charge in [-0.1, -0.05) is 6.07 Å². The van der Waals surface area contributed by atoms with Crippen molar-refractivity contribution in [2.24, 2.45) is 0 Å². The van der Waals surface area contributed by atoms with Crippen LogP contribution >= 0.6 is 15.9 Å². The van der Waals surface area contributed by atoms with Crippen LogP contribution in [-0.2, 0) is 0 Å². The first-order valence-corrected chi connectivity index (χ1v) is 6.67. The van der Waals surface area contributed by atoms with Crippen molar-refractivity contribution < 1.29 is 9.13 Å². The fourth-order valence-corrected chi connectivity index (χ4v) is 2.70. The molecule has 0 aliphatic rings. The molecule has 2 N–H and O–H groups in total. The van der Waals surface area contributed by atoms with Gasteiger partial charge in [-0.2, -0.15) is 0 Å². The number of imidazole rings is 1. The van der Waals surface area contributed by atoms with Gasteiger partial charge >= 0.3 is 0 Å². The summed E-state index contributed by atoms with van der Waals surface area (Å²) in [4.78, 5) is 4.32. The number of nitrogen functional groups attached to an aromatic ring is 1. The standard InChI is InChI=1S/C14H11BrFN3O/c1-20-12-4-2-3-11-13(12)18-14(17)19(11)10-6-5-8(16)7-9(10)15/h2-7H,1H3,(H2,17,18). The molecule has 0 saturated carbocycles. The third kappa shape index (κ3) is 1.92. The maximum Gasteiger partial charge on any atom is 0.206 e. The van der Waals surface area contributed by atoms with Crippen LogP contribution < -0.4 is 10.5 Å². The molecular weight excluding hydrogens is 325 g/mol. The van der Waals surface area contributed by atoms with Gasteiger partial charge < -0.3 is 10.5 Å². The average molecular weight is 336 g/mol. The minimum absolute atomic E-state index is 0.316. The number of para-hydroxylation sites is 1. The number of aromatic nitrogens is 2. The molecule has 0 unspecified atom stereocenters. The number of anilines is 1. The normalized spacial score (nSPS) is 10.9. The topological polar surface area (TPSA) is 53.1 Å². The Morgan fingerprint density at radius 1 is 1.30 bits per heavy atom. The Morgan fingerprint density at radius 2 is 2.10 bits per heavy atom. The fourth-order valence-electron chi connectivity index (χ4n) is 2.17. The Balaban J connectivity index is 2.34. The minimum atomic E-state index is -0.318. The zero-order chi connectivity index (χ0) is 14.3. The maximum absolute atomic E-state index is 13.2. The Kier molecular flexibility index (Phi) is 3.10. The first kappa shape index (κ1) is 12.9. The lowest BCUT2D eigenvalue weighted by molar-refractivity contribution is 0.419. The number of benzene rings is 2. The monoisotopic (exact) mass is 335 g/mol. The summed E-state index contributed by atoms with van der Waals surface area (Å²) in [7, 11) is 1.58. The molecular formula is C14H11BrFN3O. The first-order valence-electron chi connectivity index (χ1n) is 5.88. The Hall–Kier alpha value is -2.08. The Morgan fingerprint density at radius 3 is 2.80 bits per heavy atom. The van der Waals surface area contributed by atoms with Gasteiger partial charge in [-0.3, -0.25) is 4.57 Å². The molecule has 3 rings (SSSR count). The summed E-state index contributed by atoms with van der Waals surface area (Å²) in [5.41, 5.74) is 8.19. The molecule has 6 heteroatoms. The Bertz CT molecular complexity index is 800. The van der Waals surface area contributed by atoms with E-state index < -0.39 is 0 Å². The smallest absolute Gasteiger partial charge is 0.206 e. The molecule has 3 aromatic rings. The molecule has 1 heterocycles. The molecule has 0 saturated heterocycles. The number of nitrogens with two attached hydrogens (primary N) is 1. The highest BCUT2D eigenvalue weighted by Gasteiger charge is 2.15. The van der Waals surface area contributed by atoms with E-state index in [-0.39, 0.29) is 5.82 Å². The van der Waals surface area contributed by atoms with Crippen molar-refractivity contribution in [2.75, 3.05) is 12.8 Å². The lowest BCUT2D eigenvalue weighted by Gasteiger charge is -2.09. The number of hydrogen-bond donors (Lipinski definition) is 1. The third-order valence-electron chi connectivity index (χ3n) is 3.04. The highest BCUT2D eigenvalue weighted by atomic mass is 79.9. The van der Waals surface area contributed by atoms with Gasteiger partial charge in [0, 0.05) is 4.47 Å². The second-order valence-electron chi connectivity index (χ2n) is 4.23. The summed E-state index contributed by atoms with van der Waals surface area (Å²) < 4.78 is 20.8. The van der Waals surface area contributed by atoms with Gasteiger partial charge in [0.2, 0.25) is 5.95 Å². The highest BCUT2D eigenvalue weighted by Crippen LogP contribution is 2.32. The molecule has 0 fully saturated rings. The minimum Gasteiger partial charge on any atom is -0.494 e. The van der Waals surface area contributed by atoms with Gasteiger partial charge in [0.25, 0.3) is 0 Å². The van der Waals surface area contributed by atoms with Gasteiger partial charge in [0.1, 0.15) is 17.1 Å². The molecule has 102 valence electrons. The molecule has 0 radical (unpaired) electrons. The largest absolute Gasteiger partial charge is 0.494 e. The van der Waals surface area contributed by atoms with Crippen LogP contribution in [0, 0.1) is 5.82 Å². The lowest BCUT2D eigenvalue weighted by Crippen LogP contribution is -2.01. The SMILES string of the molecule is COc1cccc2c1nc(N)n2-c1ccc(F)cc1Br. The van der Waals surface area contributed by atoms with Crippen molar-refractivity contribution in [3.05, 3.63) is 46.7 Å². The molecule has 0 amide bonds. The number of ether oxygens (including phenoxy) is 1. The third-order valence-corrected chi connectivity index (χ3v) is 3.68. The zero-order valence-electron chi connectivity index (χ0n) is 10.6. The van der Waals surface area contributed by atoms with E-state index in [0.717, 1.165) is 11.2 Å². The number of methoxy groups -OCH3 is 1. The van der Waals surface area contributed by atoms with Crippen molar-refractivity contribution in [2.45, 2.75) is 0 Å². The number of hydrogen-bond acceptors (Lipinski definition) is 3. The summed E-state index contributed by atoms with van der Waals surface area (Å²) in [6.07, 6.45) is 0. The van der Waals surface area contributed by atoms with Crippen molar-refractivity contribution >= 4 is 32.9 Å². The van der Waals surface area contributed by atoms with E-state index in [1.54, 1.807) is 17.7 Å². The maximum atomic E-state index is 13.2. The molecule has 0 aliphatic carbocycles. The molecule has 4 nitrogen and oxygen atoms in total. The molecule has 0 atom stereocenters. The van der Waals surface area contributed by atoms with Crippen LogP contribution in [0.4, 0.5) is 10.3 Å². The van der Waals surface area contributed by atoms with Crippen LogP contribution in [0.1, 0.15) is 0 Å². The van der Waals surface area contributed by atoms with Gasteiger partial charge in [-0.25, -0.2) is 9.37 Å². The predicted molar refractivity (Wildman–Crippen MR) is 79.7 cm³/mol. The van der Waals surface area contributed by atoms with Crippen LogP contribution in [-0.4, -0.2) is 16.7 Å². The molecule has 2 aromatic carbocycles. The van der Waals surface area contributed by atoms with Gasteiger partial charge in [0.15, 0.2) is 0 Å². The second kappa shape index (κ2) is 4.79. The van der Waals surface area contributed by atoms with Gasteiger partial charge in [-0.15, -0.1) is 0 Å². The van der Waals surface area contributed by atoms with E-state index in [1.807, 2.05) is 18.2 Å². The van der Waals surface area contributed by atoms with E-state index in [2.05, 4.69) is 20.9 Å². The summed E-state index contributed by atoms with van der Waals surface area (Å²) in [5, 5.41) is 0. The lowest BCUT2D eigenvalue weighted by atomic mass is 10.2. The number of rotatable bonds is 2. The predicted octanol–water partition coefficient (Wildman–Crippen LogP) is 3.52. The molecule has 0 aliphatic heterocycles. The quantitative estimate of drug-likeness (QED) is 0.779. The fraction of sp³-hybridized carbons (Fsp3) is 0.0714. The summed E-state index contributed by atoms with van der Waals surface area (Å²) in [6, 6.07) is 9.98. The number of nitrogens with zero attached hydrogens (tertiary/aromatic N) is 2. The van der Waals surface area contributed by atoms with Crippen molar-refractivity contribution in [1.82, 2.24) is 9.55 Å². The first-order chi connectivity index (χ1) is 9.61. The second-order valence-corrected chi connectivity index (χ2v) is 5.08. The Labute approximate surface area is 123 Å². The highest BCUT2D eigenvalue weighted by molar-refractivity contribution is 9.10. The van der Waals surface area contributed by atoms with Gasteiger partial charge in [0.05, 0.1) is 18.3 Å². The molecule has 20 heavy (non-hydrogen) atoms. The van der Waals surface area contributed by atoms with Gasteiger partial charge in [-0.05, 0) is 46.3 Å². The molecule has 1 aromatic heterocycles. The van der Waals surface area contributed by atoms with E-state index in [1.165, 1.54) is 12.1 Å². The van der Waals surface area contributed by atoms with Crippen LogP contribution in [0.2, 0.25) is 0 Å². The van der Waals surface area contributed by atoms with E-state index >= 15 is 0 Å². The van der Waals surface area contributed by atoms with E-state index in [0.29, 0.717) is 21.7 Å². The van der Waals surface area contributed by atoms with Crippen LogP contribution in [0.25, 0.3) is 16.7 Å². The molecule has 0 bridgehead atoms. The molecule has 0 spiro atoms. The number of fused-ring (bicyclic) bond motifs is 1. The van der Waals surface area contributed by atoms with Crippen molar-refractivity contribution in [3.63, 3.8) is 0 Å². The van der Waals surface area contributed by atoms with Crippen LogP contribution in [0.5, 0.6) is 5.75 Å². The van der Waals surface area contributed by atoms with Crippen LogP contribution in [0.15, 0.2) is 40.9 Å². The van der Waals surface area contributed by atoms with E-state index in [9.17, 15) is 4.39 Å². The summed E-state index contributed by atoms with van der Waals surface area (Å²) in [5.74, 6) is 0.643. The number of halogens is 2. The van der Waals surface area contributed by atoms with Crippen molar-refractivity contribution in [3.8, 4) is 11.4 Å². The summed E-state index contributed by atoms with van der Waals surface area (Å²) in [6.45, 7) is 0. The van der Waals surface area contributed by atoms with E-state index in [4.69, 9.17) is 10.5 Å². The average Bonchev–Trinajstić information content (AvgIpc) is 2.75. The van der Waals surface area contributed by atoms with Crippen LogP contribution in [0.3, 0.4) is 0 Å². The summed E-state index contributed by atoms with van der Waals surface area (Å²) >= 11 is 3.35.